The van der Waals surface area contributed by atoms with Crippen LogP contribution in [0.25, 0.3) is 11.1 Å². The van der Waals surface area contributed by atoms with Crippen LogP contribution in [0.2, 0.25) is 0 Å². The Morgan fingerprint density at radius 2 is 1.47 bits per heavy atom. The van der Waals surface area contributed by atoms with Gasteiger partial charge in [-0.1, -0.05) is 12.1 Å². The normalized spacial score (nSPS) is 10.3. The van der Waals surface area contributed by atoms with Crippen LogP contribution < -0.4 is 0 Å². The fourth-order valence-electron chi connectivity index (χ4n) is 1.65. The molecule has 0 amide bonds. The van der Waals surface area contributed by atoms with Gasteiger partial charge in [0.05, 0.1) is 12.7 Å². The lowest BCUT2D eigenvalue weighted by Gasteiger charge is -2.05. The Labute approximate surface area is 107 Å². The van der Waals surface area contributed by atoms with E-state index in [2.05, 4.69) is 4.74 Å². The smallest absolute Gasteiger partial charge is 0.340 e. The Balaban J connectivity index is 2.44. The molecule has 2 aromatic carbocycles. The number of hydrogen-bond donors (Lipinski definition) is 0. The lowest BCUT2D eigenvalue weighted by atomic mass is 10.0. The predicted octanol–water partition coefficient (Wildman–Crippen LogP) is 3.56. The summed E-state index contributed by atoms with van der Waals surface area (Å²) in [5.74, 6) is -3.58. The van der Waals surface area contributed by atoms with E-state index in [1.807, 2.05) is 0 Å². The molecule has 0 radical (unpaired) electrons. The van der Waals surface area contributed by atoms with Crippen LogP contribution in [-0.4, -0.2) is 13.1 Å². The third kappa shape index (κ3) is 2.59. The van der Waals surface area contributed by atoms with Gasteiger partial charge in [0, 0.05) is 0 Å². The molecule has 5 heteroatoms. The molecule has 0 unspecified atom stereocenters. The maximum absolute atomic E-state index is 13.7. The van der Waals surface area contributed by atoms with Crippen LogP contribution in [-0.2, 0) is 4.74 Å². The summed E-state index contributed by atoms with van der Waals surface area (Å²) in [6.07, 6.45) is 0. The fraction of sp³-hybridized carbons (Fsp3) is 0.0714. The molecule has 0 atom stereocenters. The van der Waals surface area contributed by atoms with Crippen molar-refractivity contribution in [2.75, 3.05) is 7.11 Å². The van der Waals surface area contributed by atoms with Gasteiger partial charge in [0.2, 0.25) is 0 Å². The number of esters is 1. The highest BCUT2D eigenvalue weighted by Crippen LogP contribution is 2.24. The van der Waals surface area contributed by atoms with E-state index in [0.29, 0.717) is 11.1 Å². The van der Waals surface area contributed by atoms with E-state index in [4.69, 9.17) is 0 Å². The standard InChI is InChI=1S/C14H9F3O2/c1-19-14(18)10-4-2-8(6-12(10)16)9-3-5-11(15)13(17)7-9/h2-7H,1H3. The van der Waals surface area contributed by atoms with E-state index >= 15 is 0 Å². The molecule has 0 bridgehead atoms. The minimum Gasteiger partial charge on any atom is -0.465 e. The van der Waals surface area contributed by atoms with E-state index in [1.54, 1.807) is 0 Å². The zero-order valence-electron chi connectivity index (χ0n) is 9.91. The second-order valence-corrected chi connectivity index (χ2v) is 3.82. The van der Waals surface area contributed by atoms with Gasteiger partial charge < -0.3 is 4.74 Å². The number of carbonyl (C=O) groups is 1. The molecule has 2 aromatic rings. The SMILES string of the molecule is COC(=O)c1ccc(-c2ccc(F)c(F)c2)cc1F. The molecular weight excluding hydrogens is 257 g/mol. The van der Waals surface area contributed by atoms with E-state index < -0.39 is 23.4 Å². The Morgan fingerprint density at radius 3 is 2.00 bits per heavy atom. The summed E-state index contributed by atoms with van der Waals surface area (Å²) in [7, 11) is 1.14. The third-order valence-electron chi connectivity index (χ3n) is 2.63. The molecule has 0 heterocycles. The molecule has 0 aliphatic carbocycles. The maximum Gasteiger partial charge on any atom is 0.340 e. The predicted molar refractivity (Wildman–Crippen MR) is 63.1 cm³/mol. The van der Waals surface area contributed by atoms with Crippen molar-refractivity contribution in [1.82, 2.24) is 0 Å². The van der Waals surface area contributed by atoms with E-state index in [0.717, 1.165) is 25.3 Å². The van der Waals surface area contributed by atoms with Crippen molar-refractivity contribution in [2.24, 2.45) is 0 Å². The average Bonchev–Trinajstić information content (AvgIpc) is 2.41. The Hall–Kier alpha value is -2.30. The zero-order valence-corrected chi connectivity index (χ0v) is 9.91. The van der Waals surface area contributed by atoms with Crippen molar-refractivity contribution in [3.63, 3.8) is 0 Å². The summed E-state index contributed by atoms with van der Waals surface area (Å²) < 4.78 is 44.0. The molecule has 0 saturated heterocycles. The first-order valence-electron chi connectivity index (χ1n) is 5.36. The fourth-order valence-corrected chi connectivity index (χ4v) is 1.65. The summed E-state index contributed by atoms with van der Waals surface area (Å²) >= 11 is 0. The molecule has 0 aliphatic heterocycles. The van der Waals surface area contributed by atoms with E-state index in [1.165, 1.54) is 18.2 Å². The van der Waals surface area contributed by atoms with Gasteiger partial charge in [0.25, 0.3) is 0 Å². The molecule has 0 aliphatic rings. The summed E-state index contributed by atoms with van der Waals surface area (Å²) in [4.78, 5) is 11.2. The van der Waals surface area contributed by atoms with Gasteiger partial charge in [0.1, 0.15) is 5.82 Å². The number of benzene rings is 2. The zero-order chi connectivity index (χ0) is 14.0. The number of ether oxygens (including phenoxy) is 1. The van der Waals surface area contributed by atoms with Crippen LogP contribution in [0.1, 0.15) is 10.4 Å². The number of carbonyl (C=O) groups excluding carboxylic acids is 1. The van der Waals surface area contributed by atoms with Gasteiger partial charge >= 0.3 is 5.97 Å². The first-order valence-corrected chi connectivity index (χ1v) is 5.36. The number of rotatable bonds is 2. The summed E-state index contributed by atoms with van der Waals surface area (Å²) in [6, 6.07) is 6.97. The molecule has 19 heavy (non-hydrogen) atoms. The number of halogens is 3. The van der Waals surface area contributed by atoms with Crippen molar-refractivity contribution in [3.05, 3.63) is 59.4 Å². The average molecular weight is 266 g/mol. The van der Waals surface area contributed by atoms with E-state index in [9.17, 15) is 18.0 Å². The molecule has 0 N–H and O–H groups in total. The van der Waals surface area contributed by atoms with Crippen LogP contribution in [0, 0.1) is 17.5 Å². The summed E-state index contributed by atoms with van der Waals surface area (Å²) in [5.41, 5.74) is 0.437. The Morgan fingerprint density at radius 1 is 0.895 bits per heavy atom. The Bertz CT molecular complexity index is 639. The minimum atomic E-state index is -1.02. The number of methoxy groups -OCH3 is 1. The molecule has 2 nitrogen and oxygen atoms in total. The van der Waals surface area contributed by atoms with Crippen molar-refractivity contribution in [1.29, 1.82) is 0 Å². The number of hydrogen-bond acceptors (Lipinski definition) is 2. The van der Waals surface area contributed by atoms with Crippen molar-refractivity contribution in [3.8, 4) is 11.1 Å². The first kappa shape index (κ1) is 13.1. The van der Waals surface area contributed by atoms with Crippen molar-refractivity contribution < 1.29 is 22.7 Å². The van der Waals surface area contributed by atoms with Gasteiger partial charge in [-0.15, -0.1) is 0 Å². The molecule has 0 saturated carbocycles. The molecular formula is C14H9F3O2. The highest BCUT2D eigenvalue weighted by atomic mass is 19.2. The largest absolute Gasteiger partial charge is 0.465 e. The van der Waals surface area contributed by atoms with Crippen LogP contribution in [0.4, 0.5) is 13.2 Å². The van der Waals surface area contributed by atoms with Gasteiger partial charge in [-0.25, -0.2) is 18.0 Å². The van der Waals surface area contributed by atoms with Gasteiger partial charge in [-0.2, -0.15) is 0 Å². The minimum absolute atomic E-state index is 0.214. The second kappa shape index (κ2) is 5.14. The van der Waals surface area contributed by atoms with Crippen molar-refractivity contribution in [2.45, 2.75) is 0 Å². The summed E-state index contributed by atoms with van der Waals surface area (Å²) in [5, 5.41) is 0. The molecule has 0 fully saturated rings. The quantitative estimate of drug-likeness (QED) is 0.777. The molecule has 0 spiro atoms. The van der Waals surface area contributed by atoms with Gasteiger partial charge in [-0.3, -0.25) is 0 Å². The third-order valence-corrected chi connectivity index (χ3v) is 2.63. The summed E-state index contributed by atoms with van der Waals surface area (Å²) in [6.45, 7) is 0. The van der Waals surface area contributed by atoms with E-state index in [-0.39, 0.29) is 5.56 Å². The van der Waals surface area contributed by atoms with Crippen LogP contribution in [0.3, 0.4) is 0 Å². The molecule has 2 rings (SSSR count). The van der Waals surface area contributed by atoms with Crippen LogP contribution in [0.5, 0.6) is 0 Å². The highest BCUT2D eigenvalue weighted by Gasteiger charge is 2.13. The molecule has 0 aromatic heterocycles. The first-order chi connectivity index (χ1) is 9.02. The lowest BCUT2D eigenvalue weighted by Crippen LogP contribution is -2.04. The lowest BCUT2D eigenvalue weighted by molar-refractivity contribution is 0.0595. The Kier molecular flexibility index (Phi) is 3.55. The van der Waals surface area contributed by atoms with Gasteiger partial charge in [0.15, 0.2) is 11.6 Å². The van der Waals surface area contributed by atoms with Crippen LogP contribution in [0.15, 0.2) is 36.4 Å². The van der Waals surface area contributed by atoms with Gasteiger partial charge in [-0.05, 0) is 35.4 Å². The second-order valence-electron chi connectivity index (χ2n) is 3.82. The van der Waals surface area contributed by atoms with Crippen molar-refractivity contribution >= 4 is 5.97 Å². The topological polar surface area (TPSA) is 26.3 Å². The monoisotopic (exact) mass is 266 g/mol. The maximum atomic E-state index is 13.7. The highest BCUT2D eigenvalue weighted by molar-refractivity contribution is 5.90. The van der Waals surface area contributed by atoms with Crippen LogP contribution >= 0.6 is 0 Å². The molecule has 98 valence electrons.